The molecule has 1 aromatic heterocycles. The van der Waals surface area contributed by atoms with Crippen molar-refractivity contribution in [1.29, 1.82) is 0 Å². The van der Waals surface area contributed by atoms with E-state index in [0.29, 0.717) is 18.4 Å². The van der Waals surface area contributed by atoms with Gasteiger partial charge in [0.25, 0.3) is 0 Å². The molecule has 2 rings (SSSR count). The van der Waals surface area contributed by atoms with Crippen molar-refractivity contribution in [1.82, 2.24) is 5.32 Å². The lowest BCUT2D eigenvalue weighted by molar-refractivity contribution is -0.697. The zero-order valence-corrected chi connectivity index (χ0v) is 14.5. The van der Waals surface area contributed by atoms with E-state index in [-0.39, 0.29) is 22.9 Å². The fraction of sp³-hybridized carbons (Fsp3) is 0.647. The van der Waals surface area contributed by atoms with Gasteiger partial charge in [-0.1, -0.05) is 25.8 Å². The average molecular weight is 355 g/mol. The highest BCUT2D eigenvalue weighted by Gasteiger charge is 2.22. The summed E-state index contributed by atoms with van der Waals surface area (Å²) in [6.07, 6.45) is 11.8. The van der Waals surface area contributed by atoms with Crippen molar-refractivity contribution in [2.45, 2.75) is 64.5 Å². The van der Waals surface area contributed by atoms with Crippen molar-refractivity contribution in [3.63, 3.8) is 0 Å². The van der Waals surface area contributed by atoms with E-state index in [1.54, 1.807) is 0 Å². The van der Waals surface area contributed by atoms with Crippen LogP contribution in [-0.4, -0.2) is 11.9 Å². The van der Waals surface area contributed by atoms with Crippen LogP contribution in [0.1, 0.15) is 51.9 Å². The molecule has 1 N–H and O–H groups in total. The molecule has 1 aliphatic carbocycles. The summed E-state index contributed by atoms with van der Waals surface area (Å²) in [7, 11) is 0. The molecule has 0 saturated heterocycles. The number of amides is 1. The van der Waals surface area contributed by atoms with Crippen LogP contribution in [0.5, 0.6) is 0 Å². The molecule has 1 aliphatic rings. The Kier molecular flexibility index (Phi) is 8.58. The standard InChI is InChI=1S/C17H26N2O.BrH/c1-15-9-3-4-10-16(15)18-17(20)11-5-8-14-19-12-6-2-7-13-19;/h2,6-7,12-13,15-16H,3-5,8-11,14H2,1H3;1H. The SMILES string of the molecule is CC1CCCCC1NC(=O)CCCC[n+]1ccccc1.[Br-]. The molecule has 0 radical (unpaired) electrons. The molecule has 0 bridgehead atoms. The number of aromatic nitrogens is 1. The van der Waals surface area contributed by atoms with Crippen molar-refractivity contribution in [2.24, 2.45) is 5.92 Å². The average Bonchev–Trinajstić information content (AvgIpc) is 2.47. The number of carbonyl (C=O) groups is 1. The van der Waals surface area contributed by atoms with Crippen LogP contribution < -0.4 is 26.9 Å². The summed E-state index contributed by atoms with van der Waals surface area (Å²) in [6.45, 7) is 3.25. The Balaban J connectivity index is 0.00000220. The minimum atomic E-state index is 0. The number of nitrogens with zero attached hydrogens (tertiary/aromatic N) is 1. The Hall–Kier alpha value is -0.900. The Bertz CT molecular complexity index is 411. The second kappa shape index (κ2) is 9.93. The first-order valence-corrected chi connectivity index (χ1v) is 7.99. The number of aryl methyl sites for hydroxylation is 1. The van der Waals surface area contributed by atoms with E-state index in [9.17, 15) is 4.79 Å². The quantitative estimate of drug-likeness (QED) is 0.559. The maximum Gasteiger partial charge on any atom is 0.220 e. The van der Waals surface area contributed by atoms with E-state index < -0.39 is 0 Å². The van der Waals surface area contributed by atoms with E-state index in [4.69, 9.17) is 0 Å². The smallest absolute Gasteiger partial charge is 0.220 e. The van der Waals surface area contributed by atoms with Gasteiger partial charge < -0.3 is 22.3 Å². The number of hydrogen-bond acceptors (Lipinski definition) is 1. The first-order valence-electron chi connectivity index (χ1n) is 7.99. The van der Waals surface area contributed by atoms with Crippen molar-refractivity contribution < 1.29 is 26.3 Å². The largest absolute Gasteiger partial charge is 1.00 e. The molecule has 1 amide bonds. The molecule has 2 unspecified atom stereocenters. The van der Waals surface area contributed by atoms with Crippen LogP contribution in [0, 0.1) is 5.92 Å². The summed E-state index contributed by atoms with van der Waals surface area (Å²) >= 11 is 0. The van der Waals surface area contributed by atoms with E-state index in [1.807, 2.05) is 18.2 Å². The van der Waals surface area contributed by atoms with Crippen molar-refractivity contribution in [2.75, 3.05) is 0 Å². The molecule has 2 atom stereocenters. The summed E-state index contributed by atoms with van der Waals surface area (Å²) in [5, 5.41) is 3.22. The number of halogens is 1. The Morgan fingerprint density at radius 1 is 1.14 bits per heavy atom. The number of carbonyl (C=O) groups excluding carboxylic acids is 1. The number of rotatable bonds is 6. The van der Waals surface area contributed by atoms with Crippen LogP contribution in [0.25, 0.3) is 0 Å². The van der Waals surface area contributed by atoms with E-state index >= 15 is 0 Å². The normalized spacial score (nSPS) is 21.4. The lowest BCUT2D eigenvalue weighted by Gasteiger charge is -2.29. The van der Waals surface area contributed by atoms with Crippen molar-refractivity contribution in [3.8, 4) is 0 Å². The fourth-order valence-corrected chi connectivity index (χ4v) is 2.97. The first kappa shape index (κ1) is 18.1. The third-order valence-corrected chi connectivity index (χ3v) is 4.31. The van der Waals surface area contributed by atoms with Crippen molar-refractivity contribution >= 4 is 5.91 Å². The highest BCUT2D eigenvalue weighted by atomic mass is 79.9. The van der Waals surface area contributed by atoms with Crippen molar-refractivity contribution in [3.05, 3.63) is 30.6 Å². The third-order valence-electron chi connectivity index (χ3n) is 4.31. The Labute approximate surface area is 138 Å². The summed E-state index contributed by atoms with van der Waals surface area (Å²) in [5.41, 5.74) is 0. The molecule has 1 saturated carbocycles. The maximum atomic E-state index is 12.0. The van der Waals surface area contributed by atoms with Gasteiger partial charge in [0.05, 0.1) is 0 Å². The molecule has 21 heavy (non-hydrogen) atoms. The van der Waals surface area contributed by atoms with E-state index in [0.717, 1.165) is 25.8 Å². The van der Waals surface area contributed by atoms with Crippen LogP contribution in [-0.2, 0) is 11.3 Å². The molecule has 0 spiro atoms. The molecule has 4 heteroatoms. The maximum absolute atomic E-state index is 12.0. The van der Waals surface area contributed by atoms with Gasteiger partial charge in [0.15, 0.2) is 12.4 Å². The van der Waals surface area contributed by atoms with Crippen LogP contribution >= 0.6 is 0 Å². The summed E-state index contributed by atoms with van der Waals surface area (Å²) in [4.78, 5) is 12.0. The van der Waals surface area contributed by atoms with E-state index in [1.165, 1.54) is 19.3 Å². The molecule has 118 valence electrons. The molecule has 0 aliphatic heterocycles. The molecular formula is C17H27BrN2O. The molecule has 1 aromatic rings. The molecule has 0 aromatic carbocycles. The van der Waals surface area contributed by atoms with E-state index in [2.05, 4.69) is 29.2 Å². The third kappa shape index (κ3) is 6.60. The minimum absolute atomic E-state index is 0. The van der Waals surface area contributed by atoms with Crippen LogP contribution in [0.3, 0.4) is 0 Å². The topological polar surface area (TPSA) is 33.0 Å². The molecule has 1 fully saturated rings. The summed E-state index contributed by atoms with van der Waals surface area (Å²) in [5.74, 6) is 0.884. The number of unbranched alkanes of at least 4 members (excludes halogenated alkanes) is 1. The summed E-state index contributed by atoms with van der Waals surface area (Å²) < 4.78 is 2.17. The lowest BCUT2D eigenvalue weighted by atomic mass is 9.86. The zero-order valence-electron chi connectivity index (χ0n) is 12.9. The van der Waals surface area contributed by atoms with Crippen LogP contribution in [0.2, 0.25) is 0 Å². The Morgan fingerprint density at radius 2 is 1.86 bits per heavy atom. The number of pyridine rings is 1. The van der Waals surface area contributed by atoms with Gasteiger partial charge in [-0.25, -0.2) is 4.57 Å². The van der Waals surface area contributed by atoms with Gasteiger partial charge >= 0.3 is 0 Å². The van der Waals surface area contributed by atoms with Gasteiger partial charge in [0.1, 0.15) is 6.54 Å². The molecular weight excluding hydrogens is 328 g/mol. The Morgan fingerprint density at radius 3 is 2.57 bits per heavy atom. The lowest BCUT2D eigenvalue weighted by Crippen LogP contribution is -3.00. The minimum Gasteiger partial charge on any atom is -1.00 e. The fourth-order valence-electron chi connectivity index (χ4n) is 2.97. The zero-order chi connectivity index (χ0) is 14.2. The predicted molar refractivity (Wildman–Crippen MR) is 80.1 cm³/mol. The van der Waals surface area contributed by atoms with Gasteiger partial charge in [-0.15, -0.1) is 0 Å². The molecule has 3 nitrogen and oxygen atoms in total. The predicted octanol–water partition coefficient (Wildman–Crippen LogP) is -0.157. The highest BCUT2D eigenvalue weighted by Crippen LogP contribution is 2.23. The second-order valence-corrected chi connectivity index (χ2v) is 6.01. The van der Waals surface area contributed by atoms with Gasteiger partial charge in [0, 0.05) is 31.0 Å². The van der Waals surface area contributed by atoms with Gasteiger partial charge in [0.2, 0.25) is 5.91 Å². The van der Waals surface area contributed by atoms with Crippen LogP contribution in [0.15, 0.2) is 30.6 Å². The highest BCUT2D eigenvalue weighted by molar-refractivity contribution is 5.76. The number of hydrogen-bond donors (Lipinski definition) is 1. The van der Waals surface area contributed by atoms with Gasteiger partial charge in [-0.2, -0.15) is 0 Å². The molecule has 1 heterocycles. The van der Waals surface area contributed by atoms with Gasteiger partial charge in [-0.3, -0.25) is 4.79 Å². The van der Waals surface area contributed by atoms with Crippen LogP contribution in [0.4, 0.5) is 0 Å². The number of nitrogens with one attached hydrogen (secondary N) is 1. The van der Waals surface area contributed by atoms with Gasteiger partial charge in [-0.05, 0) is 25.2 Å². The summed E-state index contributed by atoms with van der Waals surface area (Å²) in [6, 6.07) is 6.52. The monoisotopic (exact) mass is 354 g/mol. The second-order valence-electron chi connectivity index (χ2n) is 6.01. The first-order chi connectivity index (χ1) is 9.75.